The van der Waals surface area contributed by atoms with Gasteiger partial charge in [-0.05, 0) is 50.6 Å². The summed E-state index contributed by atoms with van der Waals surface area (Å²) in [6.07, 6.45) is 2.63. The van der Waals surface area contributed by atoms with Crippen LogP contribution in [0.4, 0.5) is 11.4 Å². The van der Waals surface area contributed by atoms with Gasteiger partial charge in [-0.3, -0.25) is 4.79 Å². The number of rotatable bonds is 2. The number of hydrogen-bond acceptors (Lipinski definition) is 3. The minimum atomic E-state index is 0.124. The molecule has 0 spiro atoms. The van der Waals surface area contributed by atoms with Gasteiger partial charge in [-0.15, -0.1) is 0 Å². The van der Waals surface area contributed by atoms with Crippen molar-refractivity contribution in [3.8, 4) is 0 Å². The molecule has 0 saturated carbocycles. The Balaban J connectivity index is 1.71. The summed E-state index contributed by atoms with van der Waals surface area (Å²) < 4.78 is 0. The summed E-state index contributed by atoms with van der Waals surface area (Å²) >= 11 is 0. The summed E-state index contributed by atoms with van der Waals surface area (Å²) in [5, 5.41) is 6.53. The van der Waals surface area contributed by atoms with Gasteiger partial charge in [0.15, 0.2) is 0 Å². The third-order valence-corrected chi connectivity index (χ3v) is 4.26. The lowest BCUT2D eigenvalue weighted by Crippen LogP contribution is -2.25. The molecule has 2 unspecified atom stereocenters. The zero-order chi connectivity index (χ0) is 13.4. The third-order valence-electron chi connectivity index (χ3n) is 4.26. The Kier molecular flexibility index (Phi) is 3.19. The number of likely N-dealkylation sites (tertiary alicyclic amines) is 1. The van der Waals surface area contributed by atoms with Crippen LogP contribution in [-0.2, 0) is 11.2 Å². The van der Waals surface area contributed by atoms with Crippen molar-refractivity contribution in [2.75, 3.05) is 24.2 Å². The molecule has 2 heterocycles. The quantitative estimate of drug-likeness (QED) is 0.854. The number of nitrogens with one attached hydrogen (secondary N) is 2. The fraction of sp³-hybridized carbons (Fsp3) is 0.533. The summed E-state index contributed by atoms with van der Waals surface area (Å²) in [5.74, 6) is 0.124. The number of hydrogen-bond donors (Lipinski definition) is 2. The molecule has 2 N–H and O–H groups in total. The second kappa shape index (κ2) is 4.85. The number of benzene rings is 1. The standard InChI is InChI=1S/C15H21N3O/c1-10-7-13(9-18(10)2)16-12-4-5-14-11(8-12)3-6-15(19)17-14/h4-5,8,10,13,16H,3,6-7,9H2,1-2H3,(H,17,19). The Hall–Kier alpha value is -1.55. The number of amides is 1. The lowest BCUT2D eigenvalue weighted by atomic mass is 10.0. The zero-order valence-corrected chi connectivity index (χ0v) is 11.6. The van der Waals surface area contributed by atoms with E-state index in [4.69, 9.17) is 0 Å². The van der Waals surface area contributed by atoms with Crippen LogP contribution in [0.1, 0.15) is 25.3 Å². The SMILES string of the molecule is CC1CC(Nc2ccc3c(c2)CCC(=O)N3)CN1C. The number of fused-ring (bicyclic) bond motifs is 1. The largest absolute Gasteiger partial charge is 0.381 e. The Labute approximate surface area is 114 Å². The van der Waals surface area contributed by atoms with Crippen molar-refractivity contribution in [3.63, 3.8) is 0 Å². The predicted molar refractivity (Wildman–Crippen MR) is 77.5 cm³/mol. The van der Waals surface area contributed by atoms with E-state index in [0.717, 1.165) is 18.7 Å². The molecular weight excluding hydrogens is 238 g/mol. The van der Waals surface area contributed by atoms with E-state index < -0.39 is 0 Å². The Bertz CT molecular complexity index is 490. The van der Waals surface area contributed by atoms with Crippen LogP contribution in [0.25, 0.3) is 0 Å². The molecule has 1 aromatic rings. The lowest BCUT2D eigenvalue weighted by molar-refractivity contribution is -0.116. The second-order valence-corrected chi connectivity index (χ2v) is 5.79. The Morgan fingerprint density at radius 3 is 2.95 bits per heavy atom. The van der Waals surface area contributed by atoms with Crippen molar-refractivity contribution < 1.29 is 4.79 Å². The molecule has 0 aliphatic carbocycles. The molecule has 0 radical (unpaired) electrons. The van der Waals surface area contributed by atoms with Crippen molar-refractivity contribution >= 4 is 17.3 Å². The van der Waals surface area contributed by atoms with Gasteiger partial charge >= 0.3 is 0 Å². The lowest BCUT2D eigenvalue weighted by Gasteiger charge is -2.20. The van der Waals surface area contributed by atoms with Gasteiger partial charge < -0.3 is 15.5 Å². The summed E-state index contributed by atoms with van der Waals surface area (Å²) in [4.78, 5) is 13.7. The second-order valence-electron chi connectivity index (χ2n) is 5.79. The topological polar surface area (TPSA) is 44.4 Å². The first-order valence-corrected chi connectivity index (χ1v) is 7.01. The number of anilines is 2. The average molecular weight is 259 g/mol. The van der Waals surface area contributed by atoms with Gasteiger partial charge in [0, 0.05) is 36.4 Å². The van der Waals surface area contributed by atoms with Gasteiger partial charge in [-0.2, -0.15) is 0 Å². The first kappa shape index (κ1) is 12.5. The van der Waals surface area contributed by atoms with Crippen LogP contribution in [0.15, 0.2) is 18.2 Å². The maximum absolute atomic E-state index is 11.3. The van der Waals surface area contributed by atoms with Crippen LogP contribution in [0, 0.1) is 0 Å². The molecule has 2 atom stereocenters. The van der Waals surface area contributed by atoms with Crippen LogP contribution in [0.5, 0.6) is 0 Å². The van der Waals surface area contributed by atoms with Gasteiger partial charge in [0.2, 0.25) is 5.91 Å². The van der Waals surface area contributed by atoms with Crippen LogP contribution in [0.2, 0.25) is 0 Å². The van der Waals surface area contributed by atoms with Crippen molar-refractivity contribution in [1.82, 2.24) is 4.90 Å². The summed E-state index contributed by atoms with van der Waals surface area (Å²) in [7, 11) is 2.18. The van der Waals surface area contributed by atoms with E-state index in [2.05, 4.69) is 41.6 Å². The van der Waals surface area contributed by atoms with E-state index in [1.807, 2.05) is 6.07 Å². The van der Waals surface area contributed by atoms with Crippen LogP contribution < -0.4 is 10.6 Å². The van der Waals surface area contributed by atoms with Crippen molar-refractivity contribution in [2.45, 2.75) is 38.3 Å². The first-order valence-electron chi connectivity index (χ1n) is 7.01. The van der Waals surface area contributed by atoms with Gasteiger partial charge in [0.25, 0.3) is 0 Å². The van der Waals surface area contributed by atoms with E-state index >= 15 is 0 Å². The maximum Gasteiger partial charge on any atom is 0.224 e. The van der Waals surface area contributed by atoms with Crippen LogP contribution in [0.3, 0.4) is 0 Å². The molecule has 2 aliphatic heterocycles. The van der Waals surface area contributed by atoms with E-state index in [0.29, 0.717) is 18.5 Å². The van der Waals surface area contributed by atoms with Gasteiger partial charge in [0.05, 0.1) is 0 Å². The van der Waals surface area contributed by atoms with E-state index in [-0.39, 0.29) is 5.91 Å². The van der Waals surface area contributed by atoms with Crippen molar-refractivity contribution in [3.05, 3.63) is 23.8 Å². The number of carbonyl (C=O) groups excluding carboxylic acids is 1. The minimum Gasteiger partial charge on any atom is -0.381 e. The predicted octanol–water partition coefficient (Wildman–Crippen LogP) is 2.08. The third kappa shape index (κ3) is 2.59. The Morgan fingerprint density at radius 1 is 1.37 bits per heavy atom. The molecule has 3 rings (SSSR count). The van der Waals surface area contributed by atoms with Crippen LogP contribution >= 0.6 is 0 Å². The molecule has 2 aliphatic rings. The molecule has 1 aromatic carbocycles. The van der Waals surface area contributed by atoms with Gasteiger partial charge in [0.1, 0.15) is 0 Å². The molecule has 102 valence electrons. The normalized spacial score (nSPS) is 26.9. The number of nitrogens with zero attached hydrogens (tertiary/aromatic N) is 1. The Morgan fingerprint density at radius 2 is 2.21 bits per heavy atom. The molecule has 4 nitrogen and oxygen atoms in total. The highest BCUT2D eigenvalue weighted by atomic mass is 16.1. The number of aryl methyl sites for hydroxylation is 1. The van der Waals surface area contributed by atoms with Gasteiger partial charge in [-0.1, -0.05) is 0 Å². The van der Waals surface area contributed by atoms with E-state index in [1.165, 1.54) is 17.7 Å². The molecule has 19 heavy (non-hydrogen) atoms. The monoisotopic (exact) mass is 259 g/mol. The van der Waals surface area contributed by atoms with E-state index in [1.54, 1.807) is 0 Å². The smallest absolute Gasteiger partial charge is 0.224 e. The summed E-state index contributed by atoms with van der Waals surface area (Å²) in [6.45, 7) is 3.36. The molecule has 1 amide bonds. The fourth-order valence-electron chi connectivity index (χ4n) is 3.01. The maximum atomic E-state index is 11.3. The summed E-state index contributed by atoms with van der Waals surface area (Å²) in [5.41, 5.74) is 3.38. The molecule has 1 saturated heterocycles. The molecule has 4 heteroatoms. The highest BCUT2D eigenvalue weighted by molar-refractivity contribution is 5.94. The number of carbonyl (C=O) groups is 1. The van der Waals surface area contributed by atoms with Gasteiger partial charge in [-0.25, -0.2) is 0 Å². The van der Waals surface area contributed by atoms with E-state index in [9.17, 15) is 4.79 Å². The van der Waals surface area contributed by atoms with Crippen molar-refractivity contribution in [2.24, 2.45) is 0 Å². The highest BCUT2D eigenvalue weighted by Gasteiger charge is 2.26. The molecule has 1 fully saturated rings. The fourth-order valence-corrected chi connectivity index (χ4v) is 3.01. The zero-order valence-electron chi connectivity index (χ0n) is 11.6. The molecular formula is C15H21N3O. The molecule has 0 bridgehead atoms. The summed E-state index contributed by atoms with van der Waals surface area (Å²) in [6, 6.07) is 7.42. The number of likely N-dealkylation sites (N-methyl/N-ethyl adjacent to an activating group) is 1. The van der Waals surface area contributed by atoms with Crippen molar-refractivity contribution in [1.29, 1.82) is 0 Å². The minimum absolute atomic E-state index is 0.124. The molecule has 0 aromatic heterocycles. The van der Waals surface area contributed by atoms with Crippen LogP contribution in [-0.4, -0.2) is 36.5 Å². The first-order chi connectivity index (χ1) is 9.11. The highest BCUT2D eigenvalue weighted by Crippen LogP contribution is 2.27. The average Bonchev–Trinajstić information content (AvgIpc) is 2.68.